The molecule has 1 aliphatic heterocycles. The highest BCUT2D eigenvalue weighted by Gasteiger charge is 2.29. The average molecular weight is 346 g/mol. The van der Waals surface area contributed by atoms with Crippen LogP contribution in [0.25, 0.3) is 10.2 Å². The second-order valence-corrected chi connectivity index (χ2v) is 8.81. The first-order valence-corrected chi connectivity index (χ1v) is 9.57. The molecule has 1 saturated heterocycles. The van der Waals surface area contributed by atoms with E-state index in [0.29, 0.717) is 5.92 Å². The summed E-state index contributed by atoms with van der Waals surface area (Å²) < 4.78 is 1.27. The first-order chi connectivity index (χ1) is 11.3. The number of fused-ring (bicyclic) bond motifs is 1. The molecule has 1 aromatic heterocycles. The Kier molecular flexibility index (Phi) is 4.92. The maximum atomic E-state index is 12.4. The van der Waals surface area contributed by atoms with Crippen molar-refractivity contribution in [1.82, 2.24) is 15.2 Å². The van der Waals surface area contributed by atoms with Gasteiger partial charge in [-0.3, -0.25) is 9.69 Å². The van der Waals surface area contributed by atoms with Crippen molar-refractivity contribution in [3.63, 3.8) is 0 Å². The Bertz CT molecular complexity index is 678. The third-order valence-electron chi connectivity index (χ3n) is 4.61. The number of hydrogen-bond donors (Lipinski definition) is 1. The van der Waals surface area contributed by atoms with Crippen molar-refractivity contribution in [2.24, 2.45) is 0 Å². The van der Waals surface area contributed by atoms with E-state index in [1.54, 1.807) is 0 Å². The van der Waals surface area contributed by atoms with Crippen molar-refractivity contribution in [2.75, 3.05) is 13.1 Å². The van der Waals surface area contributed by atoms with Crippen LogP contribution in [0.2, 0.25) is 0 Å². The topological polar surface area (TPSA) is 45.2 Å². The van der Waals surface area contributed by atoms with Crippen LogP contribution in [-0.2, 0) is 4.79 Å². The number of aromatic nitrogens is 1. The zero-order valence-corrected chi connectivity index (χ0v) is 15.8. The van der Waals surface area contributed by atoms with Gasteiger partial charge >= 0.3 is 0 Å². The van der Waals surface area contributed by atoms with Gasteiger partial charge in [0.25, 0.3) is 0 Å². The van der Waals surface area contributed by atoms with Gasteiger partial charge in [-0.25, -0.2) is 4.98 Å². The molecule has 2 aromatic rings. The molecule has 130 valence electrons. The average Bonchev–Trinajstić information content (AvgIpc) is 2.96. The molecule has 0 saturated carbocycles. The summed E-state index contributed by atoms with van der Waals surface area (Å²) in [5.74, 6) is 0.650. The molecule has 0 radical (unpaired) electrons. The number of carbonyl (C=O) groups excluding carboxylic acids is 1. The summed E-state index contributed by atoms with van der Waals surface area (Å²) in [5, 5.41) is 4.34. The number of thiazole rings is 1. The molecule has 0 aliphatic carbocycles. The highest BCUT2D eigenvalue weighted by molar-refractivity contribution is 7.18. The van der Waals surface area contributed by atoms with Crippen LogP contribution in [-0.4, -0.2) is 40.5 Å². The molecular weight excluding hydrogens is 318 g/mol. The van der Waals surface area contributed by atoms with Gasteiger partial charge in [-0.2, -0.15) is 0 Å². The highest BCUT2D eigenvalue weighted by atomic mass is 32.1. The fourth-order valence-corrected chi connectivity index (χ4v) is 4.37. The van der Waals surface area contributed by atoms with E-state index in [9.17, 15) is 4.79 Å². The first-order valence-electron chi connectivity index (χ1n) is 8.75. The minimum Gasteiger partial charge on any atom is -0.350 e. The molecule has 1 unspecified atom stereocenters. The van der Waals surface area contributed by atoms with E-state index in [1.165, 1.54) is 9.71 Å². The van der Waals surface area contributed by atoms with Crippen LogP contribution in [0.1, 0.15) is 51.5 Å². The third-order valence-corrected chi connectivity index (χ3v) is 5.81. The van der Waals surface area contributed by atoms with Gasteiger partial charge in [-0.1, -0.05) is 12.1 Å². The van der Waals surface area contributed by atoms with Crippen molar-refractivity contribution in [2.45, 2.75) is 58.0 Å². The molecule has 1 N–H and O–H groups in total. The van der Waals surface area contributed by atoms with Crippen LogP contribution in [0.15, 0.2) is 24.3 Å². The first kappa shape index (κ1) is 17.4. The molecule has 4 nitrogen and oxygen atoms in total. The summed E-state index contributed by atoms with van der Waals surface area (Å²) in [4.78, 5) is 19.5. The molecular formula is C19H27N3OS. The van der Waals surface area contributed by atoms with Crippen molar-refractivity contribution in [1.29, 1.82) is 0 Å². The molecule has 0 spiro atoms. The quantitative estimate of drug-likeness (QED) is 0.921. The molecule has 3 rings (SSSR count). The van der Waals surface area contributed by atoms with E-state index in [-0.39, 0.29) is 17.5 Å². The largest absolute Gasteiger partial charge is 0.350 e. The summed E-state index contributed by atoms with van der Waals surface area (Å²) in [7, 11) is 0. The predicted octanol–water partition coefficient (Wildman–Crippen LogP) is 3.78. The normalized spacial score (nSPS) is 18.7. The van der Waals surface area contributed by atoms with Gasteiger partial charge in [0.1, 0.15) is 0 Å². The zero-order chi connectivity index (χ0) is 17.3. The minimum absolute atomic E-state index is 0.0689. The number of nitrogens with one attached hydrogen (secondary N) is 1. The van der Waals surface area contributed by atoms with Gasteiger partial charge in [0, 0.05) is 11.5 Å². The van der Waals surface area contributed by atoms with Gasteiger partial charge in [-0.05, 0) is 65.8 Å². The lowest BCUT2D eigenvalue weighted by Crippen LogP contribution is -2.52. The summed E-state index contributed by atoms with van der Waals surface area (Å²) in [6, 6.07) is 8.28. The molecule has 1 fully saturated rings. The van der Waals surface area contributed by atoms with Gasteiger partial charge < -0.3 is 5.32 Å². The Labute approximate surface area is 148 Å². The highest BCUT2D eigenvalue weighted by Crippen LogP contribution is 2.34. The third kappa shape index (κ3) is 3.95. The molecule has 1 amide bonds. The van der Waals surface area contributed by atoms with Crippen LogP contribution >= 0.6 is 11.3 Å². The number of amides is 1. The van der Waals surface area contributed by atoms with Crippen molar-refractivity contribution < 1.29 is 4.79 Å². The lowest BCUT2D eigenvalue weighted by Gasteiger charge is -2.36. The minimum atomic E-state index is -0.176. The number of nitrogens with zero attached hydrogens (tertiary/aromatic N) is 2. The van der Waals surface area contributed by atoms with E-state index in [1.807, 2.05) is 45.1 Å². The molecule has 0 bridgehead atoms. The fraction of sp³-hybridized carbons (Fsp3) is 0.579. The van der Waals surface area contributed by atoms with Gasteiger partial charge in [0.05, 0.1) is 21.3 Å². The van der Waals surface area contributed by atoms with E-state index in [2.05, 4.69) is 28.4 Å². The lowest BCUT2D eigenvalue weighted by atomic mass is 9.96. The molecule has 24 heavy (non-hydrogen) atoms. The molecule has 5 heteroatoms. The Balaban J connectivity index is 1.60. The fourth-order valence-electron chi connectivity index (χ4n) is 3.24. The molecule has 1 aromatic carbocycles. The SMILES string of the molecule is CC(C(=O)NC(C)(C)C)N1CCC(c2nc3ccccc3s2)CC1. The summed E-state index contributed by atoms with van der Waals surface area (Å²) in [6.07, 6.45) is 2.15. The van der Waals surface area contributed by atoms with Crippen LogP contribution in [0.5, 0.6) is 0 Å². The van der Waals surface area contributed by atoms with Crippen LogP contribution in [0, 0.1) is 0 Å². The summed E-state index contributed by atoms with van der Waals surface area (Å²) in [6.45, 7) is 10.0. The zero-order valence-electron chi connectivity index (χ0n) is 15.0. The van der Waals surface area contributed by atoms with Crippen molar-refractivity contribution >= 4 is 27.5 Å². The van der Waals surface area contributed by atoms with Gasteiger partial charge in [0.15, 0.2) is 0 Å². The summed E-state index contributed by atoms with van der Waals surface area (Å²) in [5.41, 5.74) is 0.933. The number of hydrogen-bond acceptors (Lipinski definition) is 4. The van der Waals surface area contributed by atoms with Gasteiger partial charge in [-0.15, -0.1) is 11.3 Å². The Hall–Kier alpha value is -1.46. The predicted molar refractivity (Wildman–Crippen MR) is 101 cm³/mol. The molecule has 1 atom stereocenters. The monoisotopic (exact) mass is 345 g/mol. The van der Waals surface area contributed by atoms with Crippen LogP contribution < -0.4 is 5.32 Å². The van der Waals surface area contributed by atoms with Crippen LogP contribution in [0.4, 0.5) is 0 Å². The number of likely N-dealkylation sites (tertiary alicyclic amines) is 1. The Morgan fingerprint density at radius 2 is 1.96 bits per heavy atom. The van der Waals surface area contributed by atoms with E-state index < -0.39 is 0 Å². The number of para-hydroxylation sites is 1. The smallest absolute Gasteiger partial charge is 0.237 e. The summed E-state index contributed by atoms with van der Waals surface area (Å²) >= 11 is 1.82. The van der Waals surface area contributed by atoms with E-state index in [0.717, 1.165) is 31.4 Å². The maximum Gasteiger partial charge on any atom is 0.237 e. The van der Waals surface area contributed by atoms with Crippen LogP contribution in [0.3, 0.4) is 0 Å². The lowest BCUT2D eigenvalue weighted by molar-refractivity contribution is -0.127. The molecule has 1 aliphatic rings. The standard InChI is InChI=1S/C19H27N3OS/c1-13(17(23)21-19(2,3)4)22-11-9-14(10-12-22)18-20-15-7-5-6-8-16(15)24-18/h5-8,13-14H,9-12H2,1-4H3,(H,21,23). The van der Waals surface area contributed by atoms with E-state index in [4.69, 9.17) is 4.98 Å². The number of piperidine rings is 1. The van der Waals surface area contributed by atoms with Crippen molar-refractivity contribution in [3.05, 3.63) is 29.3 Å². The maximum absolute atomic E-state index is 12.4. The number of benzene rings is 1. The van der Waals surface area contributed by atoms with E-state index >= 15 is 0 Å². The molecule has 2 heterocycles. The second kappa shape index (κ2) is 6.81. The Morgan fingerprint density at radius 1 is 1.29 bits per heavy atom. The number of carbonyl (C=O) groups is 1. The Morgan fingerprint density at radius 3 is 2.58 bits per heavy atom. The van der Waals surface area contributed by atoms with Gasteiger partial charge in [0.2, 0.25) is 5.91 Å². The number of rotatable bonds is 3. The van der Waals surface area contributed by atoms with Crippen molar-refractivity contribution in [3.8, 4) is 0 Å². The second-order valence-electron chi connectivity index (χ2n) is 7.75.